The van der Waals surface area contributed by atoms with Gasteiger partial charge in [0.15, 0.2) is 0 Å². The molecule has 25 heavy (non-hydrogen) atoms. The monoisotopic (exact) mass is 340 g/mol. The van der Waals surface area contributed by atoms with Gasteiger partial charge in [0.05, 0.1) is 11.4 Å². The van der Waals surface area contributed by atoms with E-state index < -0.39 is 0 Å². The Bertz CT molecular complexity index is 728. The molecule has 0 amide bonds. The lowest BCUT2D eigenvalue weighted by molar-refractivity contribution is 0.145. The van der Waals surface area contributed by atoms with Gasteiger partial charge in [-0.1, -0.05) is 17.7 Å². The summed E-state index contributed by atoms with van der Waals surface area (Å²) in [6, 6.07) is 4.54. The van der Waals surface area contributed by atoms with Gasteiger partial charge in [0, 0.05) is 44.8 Å². The fourth-order valence-electron chi connectivity index (χ4n) is 4.06. The van der Waals surface area contributed by atoms with Crippen LogP contribution in [0.4, 0.5) is 0 Å². The zero-order valence-corrected chi connectivity index (χ0v) is 16.7. The Balaban J connectivity index is 1.97. The van der Waals surface area contributed by atoms with Gasteiger partial charge in [0.25, 0.3) is 0 Å². The Morgan fingerprint density at radius 3 is 2.12 bits per heavy atom. The molecular weight excluding hydrogens is 308 g/mol. The molecule has 4 heteroatoms. The van der Waals surface area contributed by atoms with Crippen LogP contribution in [0.1, 0.15) is 34.9 Å². The van der Waals surface area contributed by atoms with Gasteiger partial charge in [-0.25, -0.2) is 0 Å². The molecule has 3 rings (SSSR count). The van der Waals surface area contributed by atoms with E-state index in [0.29, 0.717) is 0 Å². The zero-order valence-electron chi connectivity index (χ0n) is 16.7. The van der Waals surface area contributed by atoms with Crippen molar-refractivity contribution >= 4 is 0 Å². The van der Waals surface area contributed by atoms with Crippen molar-refractivity contribution in [2.75, 3.05) is 33.2 Å². The molecule has 1 aliphatic rings. The van der Waals surface area contributed by atoms with E-state index in [9.17, 15) is 0 Å². The average Bonchev–Trinajstić information content (AvgIpc) is 2.85. The second-order valence-electron chi connectivity index (χ2n) is 7.59. The highest BCUT2D eigenvalue weighted by atomic mass is 15.3. The minimum atomic E-state index is 0.924. The van der Waals surface area contributed by atoms with E-state index in [1.165, 1.54) is 39.2 Å². The van der Waals surface area contributed by atoms with Gasteiger partial charge in [-0.15, -0.1) is 0 Å². The van der Waals surface area contributed by atoms with Crippen LogP contribution in [-0.4, -0.2) is 52.8 Å². The van der Waals surface area contributed by atoms with E-state index in [1.54, 1.807) is 0 Å². The number of aryl methyl sites for hydroxylation is 4. The average molecular weight is 341 g/mol. The smallest absolute Gasteiger partial charge is 0.0961 e. The Morgan fingerprint density at radius 1 is 0.960 bits per heavy atom. The van der Waals surface area contributed by atoms with Gasteiger partial charge in [0.1, 0.15) is 0 Å². The summed E-state index contributed by atoms with van der Waals surface area (Å²) in [6.45, 7) is 17.5. The maximum atomic E-state index is 5.01. The summed E-state index contributed by atoms with van der Waals surface area (Å²) in [7, 11) is 2.21. The van der Waals surface area contributed by atoms with Crippen LogP contribution < -0.4 is 0 Å². The Morgan fingerprint density at radius 2 is 1.56 bits per heavy atom. The molecule has 136 valence electrons. The van der Waals surface area contributed by atoms with Crippen LogP contribution in [0.2, 0.25) is 0 Å². The van der Waals surface area contributed by atoms with Crippen molar-refractivity contribution in [1.82, 2.24) is 19.6 Å². The van der Waals surface area contributed by atoms with Crippen molar-refractivity contribution in [2.45, 2.75) is 47.7 Å². The fraction of sp³-hybridized carbons (Fsp3) is 0.571. The summed E-state index contributed by atoms with van der Waals surface area (Å²) in [5.74, 6) is 0. The standard InChI is InChI=1S/C21H32N4/c1-7-25-19(14-24-10-8-23(6)9-11-24)18(5)21(22-25)20-16(3)12-15(2)13-17(20)4/h12-13H,7-11,14H2,1-6H3. The molecule has 2 heterocycles. The fourth-order valence-corrected chi connectivity index (χ4v) is 4.06. The van der Waals surface area contributed by atoms with Gasteiger partial charge >= 0.3 is 0 Å². The molecule has 0 N–H and O–H groups in total. The van der Waals surface area contributed by atoms with Crippen LogP contribution in [-0.2, 0) is 13.1 Å². The first-order valence-corrected chi connectivity index (χ1v) is 9.46. The third-order valence-electron chi connectivity index (χ3n) is 5.50. The first-order chi connectivity index (χ1) is 11.9. The number of nitrogens with zero attached hydrogens (tertiary/aromatic N) is 4. The number of benzene rings is 1. The van der Waals surface area contributed by atoms with Gasteiger partial charge in [-0.3, -0.25) is 9.58 Å². The zero-order chi connectivity index (χ0) is 18.1. The number of piperazine rings is 1. The molecule has 0 saturated carbocycles. The number of rotatable bonds is 4. The van der Waals surface area contributed by atoms with Crippen molar-refractivity contribution in [1.29, 1.82) is 0 Å². The lowest BCUT2D eigenvalue weighted by Crippen LogP contribution is -2.44. The Labute approximate surface area is 152 Å². The summed E-state index contributed by atoms with van der Waals surface area (Å²) in [6.07, 6.45) is 0. The van der Waals surface area contributed by atoms with E-state index in [0.717, 1.165) is 39.3 Å². The topological polar surface area (TPSA) is 24.3 Å². The summed E-state index contributed by atoms with van der Waals surface area (Å²) in [5, 5.41) is 5.01. The second-order valence-corrected chi connectivity index (χ2v) is 7.59. The number of aromatic nitrogens is 2. The third kappa shape index (κ3) is 3.65. The lowest BCUT2D eigenvalue weighted by Gasteiger charge is -2.32. The lowest BCUT2D eigenvalue weighted by atomic mass is 9.95. The van der Waals surface area contributed by atoms with E-state index in [4.69, 9.17) is 5.10 Å². The van der Waals surface area contributed by atoms with Crippen LogP contribution in [0.3, 0.4) is 0 Å². The molecule has 2 aromatic rings. The number of hydrogen-bond acceptors (Lipinski definition) is 3. The molecule has 0 unspecified atom stereocenters. The molecule has 1 saturated heterocycles. The van der Waals surface area contributed by atoms with E-state index >= 15 is 0 Å². The van der Waals surface area contributed by atoms with Crippen molar-refractivity contribution < 1.29 is 0 Å². The van der Waals surface area contributed by atoms with E-state index in [-0.39, 0.29) is 0 Å². The molecule has 0 aliphatic carbocycles. The van der Waals surface area contributed by atoms with Gasteiger partial charge in [-0.2, -0.15) is 5.10 Å². The predicted molar refractivity (Wildman–Crippen MR) is 105 cm³/mol. The van der Waals surface area contributed by atoms with Gasteiger partial charge < -0.3 is 4.90 Å². The normalized spacial score (nSPS) is 16.6. The minimum Gasteiger partial charge on any atom is -0.304 e. The quantitative estimate of drug-likeness (QED) is 0.851. The summed E-state index contributed by atoms with van der Waals surface area (Å²) in [4.78, 5) is 4.97. The number of likely N-dealkylation sites (N-methyl/N-ethyl adjacent to an activating group) is 1. The highest BCUT2D eigenvalue weighted by Gasteiger charge is 2.21. The van der Waals surface area contributed by atoms with Crippen LogP contribution in [0.15, 0.2) is 12.1 Å². The Hall–Kier alpha value is -1.65. The Kier molecular flexibility index (Phi) is 5.30. The van der Waals surface area contributed by atoms with E-state index in [1.807, 2.05) is 0 Å². The van der Waals surface area contributed by atoms with Crippen LogP contribution >= 0.6 is 0 Å². The molecule has 1 aromatic carbocycles. The maximum Gasteiger partial charge on any atom is 0.0961 e. The van der Waals surface area contributed by atoms with Crippen molar-refractivity contribution in [3.05, 3.63) is 40.1 Å². The molecule has 0 radical (unpaired) electrons. The maximum absolute atomic E-state index is 5.01. The van der Waals surface area contributed by atoms with Crippen LogP contribution in [0.5, 0.6) is 0 Å². The number of hydrogen-bond donors (Lipinski definition) is 0. The van der Waals surface area contributed by atoms with Crippen molar-refractivity contribution in [2.24, 2.45) is 0 Å². The minimum absolute atomic E-state index is 0.924. The van der Waals surface area contributed by atoms with Crippen molar-refractivity contribution in [3.8, 4) is 11.3 Å². The first-order valence-electron chi connectivity index (χ1n) is 9.46. The molecule has 1 fully saturated rings. The SMILES string of the molecule is CCn1nc(-c2c(C)cc(C)cc2C)c(C)c1CN1CCN(C)CC1. The predicted octanol–water partition coefficient (Wildman–Crippen LogP) is 3.55. The van der Waals surface area contributed by atoms with Crippen LogP contribution in [0.25, 0.3) is 11.3 Å². The van der Waals surface area contributed by atoms with Crippen molar-refractivity contribution in [3.63, 3.8) is 0 Å². The molecule has 0 atom stereocenters. The first kappa shape index (κ1) is 18.2. The molecule has 1 aliphatic heterocycles. The summed E-state index contributed by atoms with van der Waals surface area (Å²) < 4.78 is 2.21. The summed E-state index contributed by atoms with van der Waals surface area (Å²) in [5.41, 5.74) is 9.18. The summed E-state index contributed by atoms with van der Waals surface area (Å²) >= 11 is 0. The molecular formula is C21H32N4. The highest BCUT2D eigenvalue weighted by Crippen LogP contribution is 2.32. The second kappa shape index (κ2) is 7.30. The van der Waals surface area contributed by atoms with Crippen LogP contribution in [0, 0.1) is 27.7 Å². The van der Waals surface area contributed by atoms with E-state index in [2.05, 4.69) is 68.3 Å². The molecule has 4 nitrogen and oxygen atoms in total. The third-order valence-corrected chi connectivity index (χ3v) is 5.50. The molecule has 0 bridgehead atoms. The molecule has 1 aromatic heterocycles. The van der Waals surface area contributed by atoms with Gasteiger partial charge in [-0.05, 0) is 58.4 Å². The highest BCUT2D eigenvalue weighted by molar-refractivity contribution is 5.71. The molecule has 0 spiro atoms. The van der Waals surface area contributed by atoms with Gasteiger partial charge in [0.2, 0.25) is 0 Å². The largest absolute Gasteiger partial charge is 0.304 e.